The Morgan fingerprint density at radius 1 is 1.27 bits per heavy atom. The van der Waals surface area contributed by atoms with E-state index < -0.39 is 0 Å². The van der Waals surface area contributed by atoms with Gasteiger partial charge in [-0.05, 0) is 32.4 Å². The Morgan fingerprint density at radius 2 is 1.73 bits per heavy atom. The molecule has 0 saturated carbocycles. The zero-order chi connectivity index (χ0) is 9.02. The van der Waals surface area contributed by atoms with E-state index in [-0.39, 0.29) is 6.04 Å². The number of allylic oxidation sites excluding steroid dienone is 1. The van der Waals surface area contributed by atoms with Gasteiger partial charge in [-0.1, -0.05) is 13.8 Å². The van der Waals surface area contributed by atoms with Gasteiger partial charge in [0.05, 0.1) is 5.76 Å². The molecule has 2 nitrogen and oxygen atoms in total. The van der Waals surface area contributed by atoms with Gasteiger partial charge in [0.2, 0.25) is 0 Å². The lowest BCUT2D eigenvalue weighted by atomic mass is 9.96. The highest BCUT2D eigenvalue weighted by Gasteiger charge is 2.13. The maximum atomic E-state index is 9.32. The van der Waals surface area contributed by atoms with Crippen LogP contribution < -0.4 is 5.32 Å². The SMILES string of the molecule is CNC(C)/C(=C(/C)O)C(C)C. The molecule has 66 valence electrons. The van der Waals surface area contributed by atoms with Crippen molar-refractivity contribution in [1.29, 1.82) is 0 Å². The van der Waals surface area contributed by atoms with Crippen LogP contribution in [0, 0.1) is 5.92 Å². The summed E-state index contributed by atoms with van der Waals surface area (Å²) in [4.78, 5) is 0. The van der Waals surface area contributed by atoms with Gasteiger partial charge in [-0.15, -0.1) is 0 Å². The summed E-state index contributed by atoms with van der Waals surface area (Å²) in [6.45, 7) is 7.96. The first-order valence-corrected chi connectivity index (χ1v) is 4.07. The van der Waals surface area contributed by atoms with E-state index in [0.717, 1.165) is 5.57 Å². The number of aliphatic hydroxyl groups excluding tert-OH is 1. The summed E-state index contributed by atoms with van der Waals surface area (Å²) in [6.07, 6.45) is 0. The Hall–Kier alpha value is -0.500. The van der Waals surface area contributed by atoms with E-state index >= 15 is 0 Å². The lowest BCUT2D eigenvalue weighted by molar-refractivity contribution is 0.387. The summed E-state index contributed by atoms with van der Waals surface area (Å²) in [5.41, 5.74) is 1.09. The maximum absolute atomic E-state index is 9.32. The van der Waals surface area contributed by atoms with Crippen molar-refractivity contribution < 1.29 is 5.11 Å². The molecule has 0 rings (SSSR count). The van der Waals surface area contributed by atoms with Crippen LogP contribution in [0.2, 0.25) is 0 Å². The molecule has 0 aliphatic rings. The Bertz CT molecular complexity index is 146. The van der Waals surface area contributed by atoms with Crippen LogP contribution in [-0.4, -0.2) is 18.2 Å². The standard InChI is InChI=1S/C9H19NO/c1-6(2)9(8(4)11)7(3)10-5/h6-7,10-11H,1-5H3/b9-8-. The van der Waals surface area contributed by atoms with Crippen LogP contribution >= 0.6 is 0 Å². The van der Waals surface area contributed by atoms with Crippen LogP contribution in [0.5, 0.6) is 0 Å². The quantitative estimate of drug-likeness (QED) is 0.615. The molecule has 0 aliphatic carbocycles. The van der Waals surface area contributed by atoms with Crippen molar-refractivity contribution in [3.63, 3.8) is 0 Å². The third kappa shape index (κ3) is 2.93. The second-order valence-corrected chi connectivity index (χ2v) is 3.21. The first kappa shape index (κ1) is 10.5. The van der Waals surface area contributed by atoms with Crippen molar-refractivity contribution in [2.75, 3.05) is 7.05 Å². The largest absolute Gasteiger partial charge is 0.513 e. The Balaban J connectivity index is 4.49. The summed E-state index contributed by atoms with van der Waals surface area (Å²) in [6, 6.07) is 0.264. The summed E-state index contributed by atoms with van der Waals surface area (Å²) in [7, 11) is 1.90. The van der Waals surface area contributed by atoms with E-state index in [1.165, 1.54) is 0 Å². The number of hydrogen-bond acceptors (Lipinski definition) is 2. The van der Waals surface area contributed by atoms with Gasteiger partial charge in [-0.2, -0.15) is 0 Å². The van der Waals surface area contributed by atoms with Gasteiger partial charge in [0, 0.05) is 6.04 Å². The molecule has 0 radical (unpaired) electrons. The molecule has 0 saturated heterocycles. The van der Waals surface area contributed by atoms with Gasteiger partial charge >= 0.3 is 0 Å². The minimum atomic E-state index is 0.264. The third-order valence-electron chi connectivity index (χ3n) is 1.94. The predicted octanol–water partition coefficient (Wildman–Crippen LogP) is 2.08. The smallest absolute Gasteiger partial charge is 0.0901 e. The minimum Gasteiger partial charge on any atom is -0.513 e. The van der Waals surface area contributed by atoms with Crippen LogP contribution in [0.1, 0.15) is 27.7 Å². The van der Waals surface area contributed by atoms with Crippen LogP contribution in [0.25, 0.3) is 0 Å². The van der Waals surface area contributed by atoms with Gasteiger partial charge < -0.3 is 10.4 Å². The maximum Gasteiger partial charge on any atom is 0.0901 e. The molecular weight excluding hydrogens is 138 g/mol. The molecule has 1 unspecified atom stereocenters. The van der Waals surface area contributed by atoms with Crippen molar-refractivity contribution in [2.45, 2.75) is 33.7 Å². The predicted molar refractivity (Wildman–Crippen MR) is 48.7 cm³/mol. The van der Waals surface area contributed by atoms with Crippen LogP contribution in [-0.2, 0) is 0 Å². The normalized spacial score (nSPS) is 16.5. The molecule has 0 bridgehead atoms. The lowest BCUT2D eigenvalue weighted by Crippen LogP contribution is -2.27. The second kappa shape index (κ2) is 4.39. The molecule has 0 aromatic heterocycles. The van der Waals surface area contributed by atoms with Crippen molar-refractivity contribution in [2.24, 2.45) is 5.92 Å². The molecule has 2 heteroatoms. The van der Waals surface area contributed by atoms with Crippen molar-refractivity contribution in [3.05, 3.63) is 11.3 Å². The molecule has 0 aliphatic heterocycles. The van der Waals surface area contributed by atoms with Crippen molar-refractivity contribution in [1.82, 2.24) is 5.32 Å². The molecule has 1 atom stereocenters. The van der Waals surface area contributed by atoms with Crippen LogP contribution in [0.3, 0.4) is 0 Å². The second-order valence-electron chi connectivity index (χ2n) is 3.21. The highest BCUT2D eigenvalue weighted by molar-refractivity contribution is 5.14. The first-order chi connectivity index (χ1) is 5.00. The fourth-order valence-electron chi connectivity index (χ4n) is 1.39. The van der Waals surface area contributed by atoms with Gasteiger partial charge in [0.1, 0.15) is 0 Å². The number of aliphatic hydroxyl groups is 1. The van der Waals surface area contributed by atoms with Gasteiger partial charge in [-0.25, -0.2) is 0 Å². The van der Waals surface area contributed by atoms with Crippen LogP contribution in [0.4, 0.5) is 0 Å². The zero-order valence-corrected chi connectivity index (χ0v) is 8.10. The highest BCUT2D eigenvalue weighted by atomic mass is 16.3. The molecular formula is C9H19NO. The zero-order valence-electron chi connectivity index (χ0n) is 8.10. The number of likely N-dealkylation sites (N-methyl/N-ethyl adjacent to an activating group) is 1. The number of hydrogen-bond donors (Lipinski definition) is 2. The van der Waals surface area contributed by atoms with Crippen LogP contribution in [0.15, 0.2) is 11.3 Å². The molecule has 0 amide bonds. The van der Waals surface area contributed by atoms with E-state index in [1.807, 2.05) is 7.05 Å². The molecule has 0 aromatic rings. The average Bonchev–Trinajstić information content (AvgIpc) is 1.85. The Kier molecular flexibility index (Phi) is 4.19. The minimum absolute atomic E-state index is 0.264. The molecule has 0 aromatic carbocycles. The summed E-state index contributed by atoms with van der Waals surface area (Å²) in [5, 5.41) is 12.4. The summed E-state index contributed by atoms with van der Waals surface area (Å²) in [5.74, 6) is 0.851. The van der Waals surface area contributed by atoms with Gasteiger partial charge in [0.15, 0.2) is 0 Å². The molecule has 0 spiro atoms. The van der Waals surface area contributed by atoms with E-state index in [1.54, 1.807) is 6.92 Å². The number of nitrogens with one attached hydrogen (secondary N) is 1. The van der Waals surface area contributed by atoms with Gasteiger partial charge in [0.25, 0.3) is 0 Å². The van der Waals surface area contributed by atoms with Crippen molar-refractivity contribution in [3.8, 4) is 0 Å². The van der Waals surface area contributed by atoms with E-state index in [0.29, 0.717) is 11.7 Å². The third-order valence-corrected chi connectivity index (χ3v) is 1.94. The molecule has 0 fully saturated rings. The highest BCUT2D eigenvalue weighted by Crippen LogP contribution is 2.16. The van der Waals surface area contributed by atoms with Crippen molar-refractivity contribution >= 4 is 0 Å². The summed E-state index contributed by atoms with van der Waals surface area (Å²) < 4.78 is 0. The number of rotatable bonds is 3. The fourth-order valence-corrected chi connectivity index (χ4v) is 1.39. The molecule has 0 heterocycles. The van der Waals surface area contributed by atoms with E-state index in [9.17, 15) is 5.11 Å². The summed E-state index contributed by atoms with van der Waals surface area (Å²) >= 11 is 0. The average molecular weight is 157 g/mol. The Labute approximate surface area is 69.3 Å². The monoisotopic (exact) mass is 157 g/mol. The van der Waals surface area contributed by atoms with E-state index in [4.69, 9.17) is 0 Å². The first-order valence-electron chi connectivity index (χ1n) is 4.07. The lowest BCUT2D eigenvalue weighted by Gasteiger charge is -2.19. The topological polar surface area (TPSA) is 32.3 Å². The Morgan fingerprint density at radius 3 is 1.82 bits per heavy atom. The van der Waals surface area contributed by atoms with Gasteiger partial charge in [-0.3, -0.25) is 0 Å². The van der Waals surface area contributed by atoms with E-state index in [2.05, 4.69) is 26.1 Å². The fraction of sp³-hybridized carbons (Fsp3) is 0.778. The molecule has 2 N–H and O–H groups in total. The molecule has 11 heavy (non-hydrogen) atoms.